The van der Waals surface area contributed by atoms with Gasteiger partial charge in [0, 0.05) is 36.0 Å². The maximum absolute atomic E-state index is 12.7. The molecule has 0 bridgehead atoms. The summed E-state index contributed by atoms with van der Waals surface area (Å²) in [5.74, 6) is 1.02. The molecule has 1 aliphatic rings. The molecule has 3 rings (SSSR count). The minimum Gasteiger partial charge on any atom is -0.497 e. The third-order valence-electron chi connectivity index (χ3n) is 5.11. The third kappa shape index (κ3) is 5.10. The van der Waals surface area contributed by atoms with E-state index in [0.29, 0.717) is 49.4 Å². The van der Waals surface area contributed by atoms with Crippen molar-refractivity contribution in [1.82, 2.24) is 4.90 Å². The Balaban J connectivity index is 1.48. The molecule has 0 atom stereocenters. The van der Waals surface area contributed by atoms with Gasteiger partial charge in [-0.25, -0.2) is 0 Å². The van der Waals surface area contributed by atoms with Crippen LogP contribution in [0.5, 0.6) is 5.75 Å². The molecule has 5 heteroatoms. The van der Waals surface area contributed by atoms with Crippen molar-refractivity contribution < 1.29 is 14.3 Å². The second-order valence-electron chi connectivity index (χ2n) is 6.88. The fourth-order valence-corrected chi connectivity index (χ4v) is 3.70. The van der Waals surface area contributed by atoms with Crippen LogP contribution in [0.25, 0.3) is 0 Å². The number of aryl methyl sites for hydroxylation is 1. The van der Waals surface area contributed by atoms with Gasteiger partial charge in [-0.05, 0) is 61.2 Å². The Morgan fingerprint density at radius 2 is 1.81 bits per heavy atom. The fraction of sp³-hybridized carbons (Fsp3) is 0.364. The molecule has 1 aliphatic heterocycles. The minimum absolute atomic E-state index is 0.0182. The summed E-state index contributed by atoms with van der Waals surface area (Å²) in [6.07, 6.45) is 2.59. The van der Waals surface area contributed by atoms with E-state index in [2.05, 4.69) is 0 Å². The Hall–Kier alpha value is -2.33. The van der Waals surface area contributed by atoms with E-state index in [9.17, 15) is 9.59 Å². The van der Waals surface area contributed by atoms with Gasteiger partial charge in [0.1, 0.15) is 5.75 Å². The number of methoxy groups -OCH3 is 1. The first-order valence-electron chi connectivity index (χ1n) is 9.27. The van der Waals surface area contributed by atoms with Crippen LogP contribution in [-0.2, 0) is 11.2 Å². The molecule has 142 valence electrons. The molecule has 1 heterocycles. The van der Waals surface area contributed by atoms with Gasteiger partial charge in [-0.1, -0.05) is 23.7 Å². The van der Waals surface area contributed by atoms with Gasteiger partial charge in [0.25, 0.3) is 0 Å². The molecule has 0 aliphatic carbocycles. The lowest BCUT2D eigenvalue weighted by atomic mass is 9.88. The van der Waals surface area contributed by atoms with Gasteiger partial charge in [0.2, 0.25) is 5.91 Å². The maximum atomic E-state index is 12.7. The number of carbonyl (C=O) groups excluding carboxylic acids is 2. The van der Waals surface area contributed by atoms with Gasteiger partial charge >= 0.3 is 0 Å². The van der Waals surface area contributed by atoms with Crippen molar-refractivity contribution in [2.75, 3.05) is 20.2 Å². The van der Waals surface area contributed by atoms with E-state index in [1.807, 2.05) is 53.4 Å². The fourth-order valence-electron chi connectivity index (χ4n) is 3.48. The lowest BCUT2D eigenvalue weighted by molar-refractivity contribution is -0.132. The summed E-state index contributed by atoms with van der Waals surface area (Å²) in [5, 5.41) is 0.692. The molecule has 0 radical (unpaired) electrons. The highest BCUT2D eigenvalue weighted by Gasteiger charge is 2.27. The molecule has 27 heavy (non-hydrogen) atoms. The zero-order valence-corrected chi connectivity index (χ0v) is 16.2. The highest BCUT2D eigenvalue weighted by molar-refractivity contribution is 6.30. The predicted molar refractivity (Wildman–Crippen MR) is 106 cm³/mol. The van der Waals surface area contributed by atoms with E-state index in [0.717, 1.165) is 11.3 Å². The Bertz CT molecular complexity index is 795. The molecule has 0 aromatic heterocycles. The van der Waals surface area contributed by atoms with Crippen molar-refractivity contribution in [3.05, 3.63) is 64.7 Å². The van der Waals surface area contributed by atoms with Gasteiger partial charge in [0.15, 0.2) is 5.78 Å². The van der Waals surface area contributed by atoms with Crippen molar-refractivity contribution in [2.24, 2.45) is 5.92 Å². The number of likely N-dealkylation sites (tertiary alicyclic amines) is 1. The van der Waals surface area contributed by atoms with Crippen LogP contribution < -0.4 is 4.74 Å². The number of carbonyl (C=O) groups is 2. The summed E-state index contributed by atoms with van der Waals surface area (Å²) in [5.41, 5.74) is 1.78. The van der Waals surface area contributed by atoms with Crippen molar-refractivity contribution >= 4 is 23.3 Å². The first-order chi connectivity index (χ1) is 13.1. The number of halogens is 1. The second-order valence-corrected chi connectivity index (χ2v) is 7.31. The zero-order chi connectivity index (χ0) is 19.2. The molecule has 0 unspecified atom stereocenters. The average molecular weight is 386 g/mol. The van der Waals surface area contributed by atoms with Crippen LogP contribution >= 0.6 is 11.6 Å². The molecular weight excluding hydrogens is 362 g/mol. The zero-order valence-electron chi connectivity index (χ0n) is 15.5. The molecular formula is C22H24ClNO3. The van der Waals surface area contributed by atoms with Crippen LogP contribution in [0, 0.1) is 5.92 Å². The number of ether oxygens (including phenoxy) is 1. The standard InChI is InChI=1S/C22H24ClNO3/c1-27-20-8-6-17(7-9-20)22(26)18-11-13-24(14-12-18)21(25)10-5-16-3-2-4-19(23)15-16/h2-4,6-9,15,18H,5,10-14H2,1H3. The highest BCUT2D eigenvalue weighted by Crippen LogP contribution is 2.24. The summed E-state index contributed by atoms with van der Waals surface area (Å²) in [6, 6.07) is 14.8. The maximum Gasteiger partial charge on any atom is 0.222 e. The van der Waals surface area contributed by atoms with Crippen molar-refractivity contribution in [3.8, 4) is 5.75 Å². The monoisotopic (exact) mass is 385 g/mol. The number of benzene rings is 2. The molecule has 0 saturated carbocycles. The average Bonchev–Trinajstić information content (AvgIpc) is 2.72. The number of piperidine rings is 1. The van der Waals surface area contributed by atoms with E-state index in [-0.39, 0.29) is 17.6 Å². The van der Waals surface area contributed by atoms with Crippen LogP contribution in [0.15, 0.2) is 48.5 Å². The summed E-state index contributed by atoms with van der Waals surface area (Å²) in [4.78, 5) is 27.0. The molecule has 1 fully saturated rings. The van der Waals surface area contributed by atoms with Crippen LogP contribution in [-0.4, -0.2) is 36.8 Å². The smallest absolute Gasteiger partial charge is 0.222 e. The minimum atomic E-state index is -0.0182. The molecule has 1 amide bonds. The topological polar surface area (TPSA) is 46.6 Å². The van der Waals surface area contributed by atoms with E-state index >= 15 is 0 Å². The molecule has 0 spiro atoms. The first kappa shape index (κ1) is 19.4. The Labute approximate surface area is 165 Å². The van der Waals surface area contributed by atoms with E-state index in [1.54, 1.807) is 7.11 Å². The lowest BCUT2D eigenvalue weighted by Gasteiger charge is -2.31. The Kier molecular flexibility index (Phi) is 6.51. The number of ketones is 1. The normalized spacial score (nSPS) is 14.8. The summed E-state index contributed by atoms with van der Waals surface area (Å²) in [6.45, 7) is 1.28. The van der Waals surface area contributed by atoms with Crippen molar-refractivity contribution in [3.63, 3.8) is 0 Å². The predicted octanol–water partition coefficient (Wildman–Crippen LogP) is 4.40. The number of hydrogen-bond donors (Lipinski definition) is 0. The molecule has 2 aromatic rings. The van der Waals surface area contributed by atoms with Crippen molar-refractivity contribution in [2.45, 2.75) is 25.7 Å². The SMILES string of the molecule is COc1ccc(C(=O)C2CCN(C(=O)CCc3cccc(Cl)c3)CC2)cc1. The summed E-state index contributed by atoms with van der Waals surface area (Å²) < 4.78 is 5.13. The lowest BCUT2D eigenvalue weighted by Crippen LogP contribution is -2.40. The second kappa shape index (κ2) is 9.05. The highest BCUT2D eigenvalue weighted by atomic mass is 35.5. The van der Waals surface area contributed by atoms with Gasteiger partial charge in [-0.2, -0.15) is 0 Å². The quantitative estimate of drug-likeness (QED) is 0.692. The first-order valence-corrected chi connectivity index (χ1v) is 9.65. The molecule has 1 saturated heterocycles. The Morgan fingerprint density at radius 1 is 1.11 bits per heavy atom. The van der Waals surface area contributed by atoms with Gasteiger partial charge in [-0.15, -0.1) is 0 Å². The van der Waals surface area contributed by atoms with Gasteiger partial charge < -0.3 is 9.64 Å². The number of amides is 1. The number of rotatable bonds is 6. The largest absolute Gasteiger partial charge is 0.497 e. The number of hydrogen-bond acceptors (Lipinski definition) is 3. The van der Waals surface area contributed by atoms with E-state index < -0.39 is 0 Å². The molecule has 2 aromatic carbocycles. The van der Waals surface area contributed by atoms with Crippen LogP contribution in [0.2, 0.25) is 5.02 Å². The Morgan fingerprint density at radius 3 is 2.44 bits per heavy atom. The van der Waals surface area contributed by atoms with Gasteiger partial charge in [-0.3, -0.25) is 9.59 Å². The summed E-state index contributed by atoms with van der Waals surface area (Å²) in [7, 11) is 1.61. The van der Waals surface area contributed by atoms with E-state index in [1.165, 1.54) is 0 Å². The van der Waals surface area contributed by atoms with Crippen LogP contribution in [0.1, 0.15) is 35.2 Å². The summed E-state index contributed by atoms with van der Waals surface area (Å²) >= 11 is 5.99. The number of nitrogens with zero attached hydrogens (tertiary/aromatic N) is 1. The molecule has 4 nitrogen and oxygen atoms in total. The number of Topliss-reactive ketones (excluding diaryl/α,β-unsaturated/α-hetero) is 1. The van der Waals surface area contributed by atoms with Crippen molar-refractivity contribution in [1.29, 1.82) is 0 Å². The molecule has 0 N–H and O–H groups in total. The van der Waals surface area contributed by atoms with Crippen LogP contribution in [0.4, 0.5) is 0 Å². The van der Waals surface area contributed by atoms with Crippen LogP contribution in [0.3, 0.4) is 0 Å². The van der Waals surface area contributed by atoms with Gasteiger partial charge in [0.05, 0.1) is 7.11 Å². The third-order valence-corrected chi connectivity index (χ3v) is 5.34. The van der Waals surface area contributed by atoms with E-state index in [4.69, 9.17) is 16.3 Å².